The fraction of sp³-hybridized carbons (Fsp3) is 0.238. The van der Waals surface area contributed by atoms with Crippen LogP contribution in [0.3, 0.4) is 0 Å². The third-order valence-electron chi connectivity index (χ3n) is 4.12. The summed E-state index contributed by atoms with van der Waals surface area (Å²) in [4.78, 5) is 47.6. The maximum atomic E-state index is 12.3. The number of hydrogen-bond acceptors (Lipinski definition) is 7. The van der Waals surface area contributed by atoms with E-state index in [-0.39, 0.29) is 24.7 Å². The molecule has 1 aliphatic rings. The Hall–Kier alpha value is -3.88. The summed E-state index contributed by atoms with van der Waals surface area (Å²) in [5.41, 5.74) is 0.628. The van der Waals surface area contributed by atoms with Gasteiger partial charge in [-0.25, -0.2) is 4.79 Å². The molecule has 0 aromatic heterocycles. The van der Waals surface area contributed by atoms with E-state index in [1.807, 2.05) is 6.07 Å². The van der Waals surface area contributed by atoms with E-state index in [1.165, 1.54) is 19.1 Å². The van der Waals surface area contributed by atoms with Gasteiger partial charge in [0.2, 0.25) is 0 Å². The van der Waals surface area contributed by atoms with Gasteiger partial charge >= 0.3 is 5.97 Å². The molecule has 2 amide bonds. The number of ether oxygens (including phenoxy) is 3. The Labute approximate surface area is 172 Å². The van der Waals surface area contributed by atoms with Crippen LogP contribution in [0.4, 0.5) is 5.69 Å². The summed E-state index contributed by atoms with van der Waals surface area (Å²) < 4.78 is 15.5. The number of Topliss-reactive ketones (excluding diaryl/α,β-unsaturated/α-hetero) is 1. The molecule has 1 heterocycles. The Balaban J connectivity index is 1.45. The molecule has 0 aliphatic carbocycles. The molecule has 0 spiro atoms. The van der Waals surface area contributed by atoms with E-state index in [1.54, 1.807) is 30.3 Å². The van der Waals surface area contributed by atoms with Crippen LogP contribution in [-0.4, -0.2) is 49.4 Å². The van der Waals surface area contributed by atoms with E-state index in [9.17, 15) is 19.2 Å². The first-order valence-electron chi connectivity index (χ1n) is 9.16. The third-order valence-corrected chi connectivity index (χ3v) is 4.12. The maximum absolute atomic E-state index is 12.3. The van der Waals surface area contributed by atoms with Gasteiger partial charge in [0.15, 0.2) is 25.6 Å². The van der Waals surface area contributed by atoms with Gasteiger partial charge in [0.05, 0.1) is 5.69 Å². The molecule has 2 aromatic rings. The number of esters is 1. The van der Waals surface area contributed by atoms with Crippen LogP contribution in [0, 0.1) is 0 Å². The van der Waals surface area contributed by atoms with Gasteiger partial charge in [-0.15, -0.1) is 0 Å². The second-order valence-electron chi connectivity index (χ2n) is 6.47. The molecule has 156 valence electrons. The fourth-order valence-corrected chi connectivity index (χ4v) is 2.61. The molecule has 9 heteroatoms. The van der Waals surface area contributed by atoms with Crippen LogP contribution in [0.15, 0.2) is 48.5 Å². The molecule has 0 saturated carbocycles. The van der Waals surface area contributed by atoms with Crippen LogP contribution in [-0.2, 0) is 19.1 Å². The summed E-state index contributed by atoms with van der Waals surface area (Å²) >= 11 is 0. The number of amides is 2. The number of nitrogens with one attached hydrogen (secondary N) is 2. The molecular formula is C21H20N2O7. The van der Waals surface area contributed by atoms with Crippen molar-refractivity contribution in [1.29, 1.82) is 0 Å². The summed E-state index contributed by atoms with van der Waals surface area (Å²) in [7, 11) is 0. The molecular weight excluding hydrogens is 392 g/mol. The SMILES string of the molecule is C[C@H](NC(=O)COc1ccccc1)C(=O)OCC(=O)c1ccc2c(c1)NC(=O)CO2. The van der Waals surface area contributed by atoms with Crippen molar-refractivity contribution in [3.8, 4) is 11.5 Å². The summed E-state index contributed by atoms with van der Waals surface area (Å²) in [6, 6.07) is 12.3. The minimum Gasteiger partial charge on any atom is -0.484 e. The lowest BCUT2D eigenvalue weighted by Gasteiger charge is -2.18. The Morgan fingerprint density at radius 2 is 1.90 bits per heavy atom. The normalized spacial score (nSPS) is 13.2. The predicted molar refractivity (Wildman–Crippen MR) is 105 cm³/mol. The van der Waals surface area contributed by atoms with Crippen molar-refractivity contribution in [3.05, 3.63) is 54.1 Å². The minimum absolute atomic E-state index is 0.0854. The predicted octanol–water partition coefficient (Wildman–Crippen LogP) is 1.33. The van der Waals surface area contributed by atoms with Gasteiger partial charge in [-0.05, 0) is 37.3 Å². The molecule has 9 nitrogen and oxygen atoms in total. The lowest BCUT2D eigenvalue weighted by molar-refractivity contribution is -0.146. The minimum atomic E-state index is -0.958. The van der Waals surface area contributed by atoms with Crippen LogP contribution in [0.1, 0.15) is 17.3 Å². The number of benzene rings is 2. The molecule has 1 aliphatic heterocycles. The van der Waals surface area contributed by atoms with Crippen molar-refractivity contribution in [2.24, 2.45) is 0 Å². The first kappa shape index (κ1) is 20.8. The van der Waals surface area contributed by atoms with E-state index in [2.05, 4.69) is 10.6 Å². The van der Waals surface area contributed by atoms with E-state index >= 15 is 0 Å². The smallest absolute Gasteiger partial charge is 0.328 e. The van der Waals surface area contributed by atoms with Crippen molar-refractivity contribution in [1.82, 2.24) is 5.32 Å². The molecule has 30 heavy (non-hydrogen) atoms. The topological polar surface area (TPSA) is 120 Å². The largest absolute Gasteiger partial charge is 0.484 e. The van der Waals surface area contributed by atoms with Crippen LogP contribution in [0.2, 0.25) is 0 Å². The second kappa shape index (κ2) is 9.55. The molecule has 2 N–H and O–H groups in total. The zero-order valence-corrected chi connectivity index (χ0v) is 16.2. The van der Waals surface area contributed by atoms with Crippen molar-refractivity contribution in [2.75, 3.05) is 25.1 Å². The first-order chi connectivity index (χ1) is 14.4. The lowest BCUT2D eigenvalue weighted by atomic mass is 10.1. The number of ketones is 1. The van der Waals surface area contributed by atoms with Gasteiger partial charge in [-0.3, -0.25) is 14.4 Å². The quantitative estimate of drug-likeness (QED) is 0.496. The van der Waals surface area contributed by atoms with Crippen LogP contribution >= 0.6 is 0 Å². The number of hydrogen-bond donors (Lipinski definition) is 2. The van der Waals surface area contributed by atoms with Crippen molar-refractivity contribution >= 4 is 29.3 Å². The van der Waals surface area contributed by atoms with Crippen molar-refractivity contribution < 1.29 is 33.4 Å². The summed E-state index contributed by atoms with van der Waals surface area (Å²) in [6.45, 7) is 0.591. The zero-order chi connectivity index (χ0) is 21.5. The number of fused-ring (bicyclic) bond motifs is 1. The molecule has 2 aromatic carbocycles. The van der Waals surface area contributed by atoms with E-state index in [0.717, 1.165) is 0 Å². The summed E-state index contributed by atoms with van der Waals surface area (Å²) in [5.74, 6) is -1.06. The summed E-state index contributed by atoms with van der Waals surface area (Å²) in [6.07, 6.45) is 0. The van der Waals surface area contributed by atoms with Gasteiger partial charge in [-0.2, -0.15) is 0 Å². The van der Waals surface area contributed by atoms with Gasteiger partial charge in [0, 0.05) is 5.56 Å². The molecule has 0 saturated heterocycles. The van der Waals surface area contributed by atoms with Gasteiger partial charge in [-0.1, -0.05) is 18.2 Å². The van der Waals surface area contributed by atoms with E-state index in [0.29, 0.717) is 17.2 Å². The lowest BCUT2D eigenvalue weighted by Crippen LogP contribution is -2.42. The van der Waals surface area contributed by atoms with Crippen molar-refractivity contribution in [3.63, 3.8) is 0 Å². The van der Waals surface area contributed by atoms with Gasteiger partial charge in [0.25, 0.3) is 11.8 Å². The Bertz CT molecular complexity index is 959. The monoisotopic (exact) mass is 412 g/mol. The highest BCUT2D eigenvalue weighted by Gasteiger charge is 2.21. The summed E-state index contributed by atoms with van der Waals surface area (Å²) in [5, 5.41) is 5.05. The van der Waals surface area contributed by atoms with Crippen LogP contribution < -0.4 is 20.1 Å². The standard InChI is InChI=1S/C21H20N2O7/c1-13(22-19(25)11-28-15-5-3-2-4-6-15)21(27)30-10-17(24)14-7-8-18-16(9-14)23-20(26)12-29-18/h2-9,13H,10-12H2,1H3,(H,22,25)(H,23,26)/t13-/m0/s1. The van der Waals surface area contributed by atoms with E-state index < -0.39 is 30.3 Å². The Morgan fingerprint density at radius 1 is 1.13 bits per heavy atom. The zero-order valence-electron chi connectivity index (χ0n) is 16.2. The van der Waals surface area contributed by atoms with Crippen molar-refractivity contribution in [2.45, 2.75) is 13.0 Å². The molecule has 3 rings (SSSR count). The highest BCUT2D eigenvalue weighted by Crippen LogP contribution is 2.28. The highest BCUT2D eigenvalue weighted by atomic mass is 16.5. The van der Waals surface area contributed by atoms with E-state index in [4.69, 9.17) is 14.2 Å². The maximum Gasteiger partial charge on any atom is 0.328 e. The highest BCUT2D eigenvalue weighted by molar-refractivity contribution is 6.02. The molecule has 0 fully saturated rings. The molecule has 0 unspecified atom stereocenters. The van der Waals surface area contributed by atoms with Gasteiger partial charge < -0.3 is 24.8 Å². The van der Waals surface area contributed by atoms with Crippen LogP contribution in [0.5, 0.6) is 11.5 Å². The number of rotatable bonds is 8. The Morgan fingerprint density at radius 3 is 2.67 bits per heavy atom. The number of para-hydroxylation sites is 1. The van der Waals surface area contributed by atoms with Crippen LogP contribution in [0.25, 0.3) is 0 Å². The number of anilines is 1. The number of carbonyl (C=O) groups excluding carboxylic acids is 4. The average Bonchev–Trinajstić information content (AvgIpc) is 2.75. The third kappa shape index (κ3) is 5.57. The molecule has 1 atom stereocenters. The fourth-order valence-electron chi connectivity index (χ4n) is 2.61. The first-order valence-corrected chi connectivity index (χ1v) is 9.16. The molecule has 0 bridgehead atoms. The number of carbonyl (C=O) groups is 4. The molecule has 0 radical (unpaired) electrons. The Kier molecular flexibility index (Phi) is 6.63. The average molecular weight is 412 g/mol. The second-order valence-corrected chi connectivity index (χ2v) is 6.47. The van der Waals surface area contributed by atoms with Gasteiger partial charge in [0.1, 0.15) is 17.5 Å².